The number of fused-ring (bicyclic) bond motifs is 1. The van der Waals surface area contributed by atoms with Crippen LogP contribution in [0.3, 0.4) is 0 Å². The van der Waals surface area contributed by atoms with Crippen LogP contribution in [0.4, 0.5) is 0 Å². The Kier molecular flexibility index (Phi) is 7.64. The fraction of sp³-hybridized carbons (Fsp3) is 0.955. The highest BCUT2D eigenvalue weighted by atomic mass is 16.6. The minimum absolute atomic E-state index is 0.0662. The maximum Gasteiger partial charge on any atom is 0.309 e. The summed E-state index contributed by atoms with van der Waals surface area (Å²) in [7, 11) is 0. The first-order valence-corrected chi connectivity index (χ1v) is 11.9. The molecule has 0 aromatic carbocycles. The Morgan fingerprint density at radius 1 is 0.667 bits per heavy atom. The molecule has 0 radical (unpaired) electrons. The van der Waals surface area contributed by atoms with Crippen LogP contribution in [0.1, 0.15) is 44.9 Å². The van der Waals surface area contributed by atoms with E-state index in [1.165, 1.54) is 0 Å². The lowest BCUT2D eigenvalue weighted by Crippen LogP contribution is -2.58. The van der Waals surface area contributed by atoms with E-state index < -0.39 is 84.9 Å². The van der Waals surface area contributed by atoms with E-state index in [0.717, 1.165) is 0 Å². The zero-order valence-electron chi connectivity index (χ0n) is 18.3. The lowest BCUT2D eigenvalue weighted by atomic mass is 9.72. The van der Waals surface area contributed by atoms with Gasteiger partial charge in [0.15, 0.2) is 0 Å². The molecule has 0 aromatic rings. The van der Waals surface area contributed by atoms with Crippen molar-refractivity contribution in [2.45, 2.75) is 112 Å². The van der Waals surface area contributed by atoms with Gasteiger partial charge in [0.25, 0.3) is 0 Å². The maximum absolute atomic E-state index is 12.9. The lowest BCUT2D eigenvalue weighted by Gasteiger charge is -2.50. The van der Waals surface area contributed by atoms with Crippen molar-refractivity contribution in [3.05, 3.63) is 0 Å². The van der Waals surface area contributed by atoms with Crippen LogP contribution in [0.15, 0.2) is 0 Å². The van der Waals surface area contributed by atoms with E-state index >= 15 is 0 Å². The Balaban J connectivity index is 1.51. The van der Waals surface area contributed by atoms with Crippen molar-refractivity contribution in [3.63, 3.8) is 0 Å². The summed E-state index contributed by atoms with van der Waals surface area (Å²) < 4.78 is 12.0. The Hall–Kier alpha value is -0.890. The molecule has 4 fully saturated rings. The van der Waals surface area contributed by atoms with Gasteiger partial charge in [0.1, 0.15) is 18.3 Å². The van der Waals surface area contributed by atoms with Gasteiger partial charge in [-0.2, -0.15) is 0 Å². The molecule has 4 aliphatic rings. The molecule has 8 N–H and O–H groups in total. The Labute approximate surface area is 191 Å². The summed E-state index contributed by atoms with van der Waals surface area (Å²) in [6, 6.07) is 0. The highest BCUT2D eigenvalue weighted by Crippen LogP contribution is 2.43. The van der Waals surface area contributed by atoms with Gasteiger partial charge in [0.2, 0.25) is 0 Å². The van der Waals surface area contributed by atoms with Crippen LogP contribution in [-0.4, -0.2) is 114 Å². The number of aliphatic hydroxyl groups is 8. The first-order chi connectivity index (χ1) is 15.5. The van der Waals surface area contributed by atoms with Gasteiger partial charge < -0.3 is 50.3 Å². The SMILES string of the molecule is O=C(O[C@@H]1CC2C(O)CC(O)CC2O[C@@H]1C1CC(O)C(O)C(O)C1)C1CC(O)C(O)C(O)C1. The van der Waals surface area contributed by atoms with Crippen molar-refractivity contribution in [3.8, 4) is 0 Å². The van der Waals surface area contributed by atoms with Gasteiger partial charge in [-0.05, 0) is 50.9 Å². The highest BCUT2D eigenvalue weighted by Gasteiger charge is 2.51. The van der Waals surface area contributed by atoms with Gasteiger partial charge >= 0.3 is 5.97 Å². The summed E-state index contributed by atoms with van der Waals surface area (Å²) in [6.45, 7) is 0. The van der Waals surface area contributed by atoms with Crippen LogP contribution in [0, 0.1) is 17.8 Å². The smallest absolute Gasteiger partial charge is 0.309 e. The molecule has 3 saturated carbocycles. The Morgan fingerprint density at radius 2 is 1.21 bits per heavy atom. The summed E-state index contributed by atoms with van der Waals surface area (Å²) in [5, 5.41) is 80.5. The molecule has 1 heterocycles. The molecule has 4 rings (SSSR count). The molecule has 3 aliphatic carbocycles. The Bertz CT molecular complexity index is 667. The van der Waals surface area contributed by atoms with Crippen LogP contribution in [0.25, 0.3) is 0 Å². The van der Waals surface area contributed by atoms with Crippen LogP contribution >= 0.6 is 0 Å². The largest absolute Gasteiger partial charge is 0.459 e. The second kappa shape index (κ2) is 10.00. The first kappa shape index (κ1) is 25.2. The maximum atomic E-state index is 12.9. The van der Waals surface area contributed by atoms with Gasteiger partial charge in [0.05, 0.1) is 54.7 Å². The van der Waals surface area contributed by atoms with Crippen LogP contribution in [0.5, 0.6) is 0 Å². The second-order valence-corrected chi connectivity index (χ2v) is 10.4. The topological polar surface area (TPSA) is 197 Å². The molecule has 0 spiro atoms. The van der Waals surface area contributed by atoms with E-state index in [1.54, 1.807) is 0 Å². The standard InChI is InChI=1S/C22H36O11/c23-10-5-12(24)11-7-18(33-22(31)9-3-15(27)20(30)16(28)4-9)21(32-17(11)6-10)8-1-13(25)19(29)14(26)2-8/h8-21,23-30H,1-7H2/t8?,9?,10?,11?,12?,13?,14?,15?,16?,17?,18-,19?,20?,21-/m1/s1. The molecule has 190 valence electrons. The third kappa shape index (κ3) is 5.21. The van der Waals surface area contributed by atoms with Crippen LogP contribution in [0.2, 0.25) is 0 Å². The second-order valence-electron chi connectivity index (χ2n) is 10.4. The summed E-state index contributed by atoms with van der Waals surface area (Å²) in [5.74, 6) is -2.33. The molecular formula is C22H36O11. The summed E-state index contributed by atoms with van der Waals surface area (Å²) in [4.78, 5) is 12.9. The average molecular weight is 477 g/mol. The molecule has 10 atom stereocenters. The van der Waals surface area contributed by atoms with Gasteiger partial charge in [-0.15, -0.1) is 0 Å². The third-order valence-corrected chi connectivity index (χ3v) is 7.98. The fourth-order valence-corrected chi connectivity index (χ4v) is 6.10. The van der Waals surface area contributed by atoms with E-state index in [1.807, 2.05) is 0 Å². The van der Waals surface area contributed by atoms with E-state index in [2.05, 4.69) is 0 Å². The third-order valence-electron chi connectivity index (χ3n) is 7.98. The molecule has 1 saturated heterocycles. The quantitative estimate of drug-likeness (QED) is 0.195. The molecule has 33 heavy (non-hydrogen) atoms. The molecule has 1 aliphatic heterocycles. The highest BCUT2D eigenvalue weighted by molar-refractivity contribution is 5.73. The normalized spacial score (nSPS) is 53.2. The summed E-state index contributed by atoms with van der Waals surface area (Å²) >= 11 is 0. The number of hydrogen-bond donors (Lipinski definition) is 8. The minimum atomic E-state index is -1.33. The number of esters is 1. The zero-order chi connectivity index (χ0) is 24.0. The van der Waals surface area contributed by atoms with Gasteiger partial charge in [-0.25, -0.2) is 0 Å². The van der Waals surface area contributed by atoms with Crippen molar-refractivity contribution in [1.82, 2.24) is 0 Å². The van der Waals surface area contributed by atoms with Crippen molar-refractivity contribution in [2.24, 2.45) is 17.8 Å². The molecule has 8 unspecified atom stereocenters. The first-order valence-electron chi connectivity index (χ1n) is 11.9. The van der Waals surface area contributed by atoms with Crippen molar-refractivity contribution in [1.29, 1.82) is 0 Å². The molecule has 0 amide bonds. The predicted molar refractivity (Wildman–Crippen MR) is 109 cm³/mol. The molecule has 11 nitrogen and oxygen atoms in total. The van der Waals surface area contributed by atoms with Gasteiger partial charge in [-0.3, -0.25) is 4.79 Å². The minimum Gasteiger partial charge on any atom is -0.459 e. The van der Waals surface area contributed by atoms with Crippen molar-refractivity contribution < 1.29 is 55.1 Å². The number of carbonyl (C=O) groups is 1. The Morgan fingerprint density at radius 3 is 1.79 bits per heavy atom. The van der Waals surface area contributed by atoms with Gasteiger partial charge in [0, 0.05) is 5.92 Å². The monoisotopic (exact) mass is 476 g/mol. The van der Waals surface area contributed by atoms with E-state index in [9.17, 15) is 45.6 Å². The molecule has 11 heteroatoms. The van der Waals surface area contributed by atoms with E-state index in [0.29, 0.717) is 6.42 Å². The van der Waals surface area contributed by atoms with E-state index in [-0.39, 0.29) is 44.4 Å². The molecule has 0 aromatic heterocycles. The lowest BCUT2D eigenvalue weighted by molar-refractivity contribution is -0.233. The number of ether oxygens (including phenoxy) is 2. The predicted octanol–water partition coefficient (Wildman–Crippen LogP) is -2.83. The molecule has 0 bridgehead atoms. The number of rotatable bonds is 3. The fourth-order valence-electron chi connectivity index (χ4n) is 6.10. The summed E-state index contributed by atoms with van der Waals surface area (Å²) in [5.41, 5.74) is 0. The molecular weight excluding hydrogens is 440 g/mol. The van der Waals surface area contributed by atoms with Crippen molar-refractivity contribution in [2.75, 3.05) is 0 Å². The average Bonchev–Trinajstić information content (AvgIpc) is 2.75. The zero-order valence-corrected chi connectivity index (χ0v) is 18.3. The number of aliphatic hydroxyl groups excluding tert-OH is 8. The number of carbonyl (C=O) groups excluding carboxylic acids is 1. The number of hydrogen-bond acceptors (Lipinski definition) is 11. The van der Waals surface area contributed by atoms with Gasteiger partial charge in [-0.1, -0.05) is 0 Å². The van der Waals surface area contributed by atoms with E-state index in [4.69, 9.17) is 9.47 Å². The van der Waals surface area contributed by atoms with Crippen LogP contribution < -0.4 is 0 Å². The summed E-state index contributed by atoms with van der Waals surface area (Å²) in [6.07, 6.45) is -10.3. The van der Waals surface area contributed by atoms with Crippen LogP contribution in [-0.2, 0) is 14.3 Å². The van der Waals surface area contributed by atoms with Crippen molar-refractivity contribution >= 4 is 5.97 Å².